The maximum Gasteiger partial charge on any atom is 0.134 e. The van der Waals surface area contributed by atoms with Crippen LogP contribution in [0.1, 0.15) is 11.3 Å². The van der Waals surface area contributed by atoms with Crippen molar-refractivity contribution in [1.29, 1.82) is 0 Å². The Morgan fingerprint density at radius 1 is 1.25 bits per heavy atom. The van der Waals surface area contributed by atoms with Crippen LogP contribution in [0.5, 0.6) is 0 Å². The van der Waals surface area contributed by atoms with E-state index < -0.39 is 0 Å². The fourth-order valence-corrected chi connectivity index (χ4v) is 1.93. The van der Waals surface area contributed by atoms with E-state index in [1.807, 2.05) is 19.2 Å². The number of aryl methyl sites for hydroxylation is 1. The molecule has 0 aliphatic heterocycles. The van der Waals surface area contributed by atoms with Gasteiger partial charge in [-0.15, -0.1) is 0 Å². The molecule has 0 fully saturated rings. The van der Waals surface area contributed by atoms with Crippen molar-refractivity contribution in [1.82, 2.24) is 5.32 Å². The Hall–Kier alpha value is -1.06. The molecule has 0 aliphatic carbocycles. The van der Waals surface area contributed by atoms with E-state index in [2.05, 4.69) is 46.4 Å². The van der Waals surface area contributed by atoms with Gasteiger partial charge < -0.3 is 9.73 Å². The molecular weight excluding hydrogens is 266 g/mol. The Bertz CT molecular complexity index is 490. The van der Waals surface area contributed by atoms with Crippen molar-refractivity contribution < 1.29 is 4.42 Å². The standard InChI is InChI=1S/C13H14BrNO/c1-9-3-4-10(7-12(9)14)13-6-5-11(16-13)8-15-2/h3-7,15H,8H2,1-2H3. The third kappa shape index (κ3) is 2.36. The molecule has 0 spiro atoms. The van der Waals surface area contributed by atoms with Crippen LogP contribution in [0, 0.1) is 6.92 Å². The number of halogens is 1. The van der Waals surface area contributed by atoms with Crippen LogP contribution in [0.4, 0.5) is 0 Å². The van der Waals surface area contributed by atoms with Crippen LogP contribution < -0.4 is 5.32 Å². The van der Waals surface area contributed by atoms with Crippen LogP contribution in [0.2, 0.25) is 0 Å². The maximum absolute atomic E-state index is 5.72. The van der Waals surface area contributed by atoms with Crippen molar-refractivity contribution >= 4 is 15.9 Å². The maximum atomic E-state index is 5.72. The van der Waals surface area contributed by atoms with Gasteiger partial charge in [0, 0.05) is 10.0 Å². The number of nitrogens with one attached hydrogen (secondary N) is 1. The first kappa shape index (κ1) is 11.4. The molecule has 1 aromatic heterocycles. The molecule has 0 unspecified atom stereocenters. The molecule has 0 saturated heterocycles. The molecule has 0 saturated carbocycles. The lowest BCUT2D eigenvalue weighted by atomic mass is 10.1. The number of hydrogen-bond donors (Lipinski definition) is 1. The van der Waals surface area contributed by atoms with Crippen LogP contribution in [0.25, 0.3) is 11.3 Å². The average molecular weight is 280 g/mol. The van der Waals surface area contributed by atoms with Gasteiger partial charge in [0.05, 0.1) is 6.54 Å². The van der Waals surface area contributed by atoms with E-state index in [9.17, 15) is 0 Å². The largest absolute Gasteiger partial charge is 0.460 e. The Morgan fingerprint density at radius 3 is 2.75 bits per heavy atom. The zero-order valence-corrected chi connectivity index (χ0v) is 11.0. The number of benzene rings is 1. The van der Waals surface area contributed by atoms with Gasteiger partial charge in [-0.1, -0.05) is 28.1 Å². The van der Waals surface area contributed by atoms with E-state index in [-0.39, 0.29) is 0 Å². The van der Waals surface area contributed by atoms with Crippen molar-refractivity contribution in [3.63, 3.8) is 0 Å². The summed E-state index contributed by atoms with van der Waals surface area (Å²) in [6, 6.07) is 10.2. The van der Waals surface area contributed by atoms with Gasteiger partial charge in [0.15, 0.2) is 0 Å². The highest BCUT2D eigenvalue weighted by Gasteiger charge is 2.05. The molecule has 2 aromatic rings. The average Bonchev–Trinajstić information content (AvgIpc) is 2.71. The van der Waals surface area contributed by atoms with Crippen molar-refractivity contribution in [2.45, 2.75) is 13.5 Å². The normalized spacial score (nSPS) is 10.7. The molecule has 1 aromatic carbocycles. The highest BCUT2D eigenvalue weighted by Crippen LogP contribution is 2.27. The first-order valence-electron chi connectivity index (χ1n) is 5.20. The summed E-state index contributed by atoms with van der Waals surface area (Å²) in [6.45, 7) is 2.83. The molecule has 2 nitrogen and oxygen atoms in total. The van der Waals surface area contributed by atoms with E-state index in [0.717, 1.165) is 28.1 Å². The first-order chi connectivity index (χ1) is 7.70. The van der Waals surface area contributed by atoms with E-state index in [4.69, 9.17) is 4.42 Å². The summed E-state index contributed by atoms with van der Waals surface area (Å²) in [5.74, 6) is 1.86. The predicted octanol–water partition coefficient (Wildman–Crippen LogP) is 3.74. The molecule has 0 radical (unpaired) electrons. The molecule has 0 bridgehead atoms. The number of furan rings is 1. The van der Waals surface area contributed by atoms with Crippen molar-refractivity contribution in [2.24, 2.45) is 0 Å². The minimum atomic E-state index is 0.757. The van der Waals surface area contributed by atoms with Crippen LogP contribution in [-0.2, 0) is 6.54 Å². The van der Waals surface area contributed by atoms with Gasteiger partial charge in [0.2, 0.25) is 0 Å². The molecule has 0 aliphatic rings. The summed E-state index contributed by atoms with van der Waals surface area (Å²) in [4.78, 5) is 0. The van der Waals surface area contributed by atoms with Gasteiger partial charge >= 0.3 is 0 Å². The van der Waals surface area contributed by atoms with E-state index >= 15 is 0 Å². The topological polar surface area (TPSA) is 25.2 Å². The lowest BCUT2D eigenvalue weighted by molar-refractivity contribution is 0.507. The van der Waals surface area contributed by atoms with Gasteiger partial charge in [-0.05, 0) is 37.7 Å². The minimum Gasteiger partial charge on any atom is -0.460 e. The van der Waals surface area contributed by atoms with Crippen molar-refractivity contribution in [3.05, 3.63) is 46.1 Å². The minimum absolute atomic E-state index is 0.757. The van der Waals surface area contributed by atoms with Crippen LogP contribution in [0.3, 0.4) is 0 Å². The summed E-state index contributed by atoms with van der Waals surface area (Å²) < 4.78 is 6.83. The highest BCUT2D eigenvalue weighted by molar-refractivity contribution is 9.10. The first-order valence-corrected chi connectivity index (χ1v) is 6.00. The predicted molar refractivity (Wildman–Crippen MR) is 69.3 cm³/mol. The summed E-state index contributed by atoms with van der Waals surface area (Å²) in [7, 11) is 1.91. The highest BCUT2D eigenvalue weighted by atomic mass is 79.9. The Labute approximate surface area is 104 Å². The van der Waals surface area contributed by atoms with E-state index in [1.54, 1.807) is 0 Å². The van der Waals surface area contributed by atoms with E-state index in [1.165, 1.54) is 5.56 Å². The zero-order chi connectivity index (χ0) is 11.5. The molecule has 1 N–H and O–H groups in total. The van der Waals surface area contributed by atoms with Gasteiger partial charge in [-0.2, -0.15) is 0 Å². The van der Waals surface area contributed by atoms with Gasteiger partial charge in [-0.25, -0.2) is 0 Å². The van der Waals surface area contributed by atoms with Crippen molar-refractivity contribution in [3.8, 4) is 11.3 Å². The van der Waals surface area contributed by atoms with Crippen LogP contribution in [0.15, 0.2) is 39.2 Å². The Balaban J connectivity index is 2.31. The van der Waals surface area contributed by atoms with Crippen LogP contribution >= 0.6 is 15.9 Å². The summed E-state index contributed by atoms with van der Waals surface area (Å²) in [5, 5.41) is 3.07. The summed E-state index contributed by atoms with van der Waals surface area (Å²) >= 11 is 3.53. The van der Waals surface area contributed by atoms with Gasteiger partial charge in [0.25, 0.3) is 0 Å². The number of rotatable bonds is 3. The Kier molecular flexibility index (Phi) is 3.46. The fourth-order valence-electron chi connectivity index (χ4n) is 1.55. The molecule has 84 valence electrons. The SMILES string of the molecule is CNCc1ccc(-c2ccc(C)c(Br)c2)o1. The molecule has 3 heteroatoms. The quantitative estimate of drug-likeness (QED) is 0.926. The lowest BCUT2D eigenvalue weighted by Crippen LogP contribution is -2.03. The molecule has 1 heterocycles. The third-order valence-electron chi connectivity index (χ3n) is 2.47. The molecule has 2 rings (SSSR count). The second-order valence-corrected chi connectivity index (χ2v) is 4.61. The molecular formula is C13H14BrNO. The smallest absolute Gasteiger partial charge is 0.134 e. The van der Waals surface area contributed by atoms with Gasteiger partial charge in [0.1, 0.15) is 11.5 Å². The summed E-state index contributed by atoms with van der Waals surface area (Å²) in [5.41, 5.74) is 2.32. The molecule has 16 heavy (non-hydrogen) atoms. The molecule has 0 amide bonds. The lowest BCUT2D eigenvalue weighted by Gasteiger charge is -2.01. The summed E-state index contributed by atoms with van der Waals surface area (Å²) in [6.07, 6.45) is 0. The van der Waals surface area contributed by atoms with Gasteiger partial charge in [-0.3, -0.25) is 0 Å². The third-order valence-corrected chi connectivity index (χ3v) is 3.32. The van der Waals surface area contributed by atoms with E-state index in [0.29, 0.717) is 0 Å². The second-order valence-electron chi connectivity index (χ2n) is 3.76. The fraction of sp³-hybridized carbons (Fsp3) is 0.231. The monoisotopic (exact) mass is 279 g/mol. The zero-order valence-electron chi connectivity index (χ0n) is 9.38. The second kappa shape index (κ2) is 4.85. The van der Waals surface area contributed by atoms with Crippen molar-refractivity contribution in [2.75, 3.05) is 7.05 Å². The number of hydrogen-bond acceptors (Lipinski definition) is 2. The van der Waals surface area contributed by atoms with Crippen LogP contribution in [-0.4, -0.2) is 7.05 Å². The Morgan fingerprint density at radius 2 is 2.06 bits per heavy atom. The molecule has 0 atom stereocenters.